The smallest absolute Gasteiger partial charge is 0.207 e. The van der Waals surface area contributed by atoms with Crippen LogP contribution in [-0.4, -0.2) is 31.6 Å². The van der Waals surface area contributed by atoms with Gasteiger partial charge in [0.2, 0.25) is 10.0 Å². The maximum absolute atomic E-state index is 12.0. The zero-order valence-electron chi connectivity index (χ0n) is 8.72. The van der Waals surface area contributed by atoms with Crippen LogP contribution < -0.4 is 0 Å². The lowest BCUT2D eigenvalue weighted by Gasteiger charge is -2.15. The van der Waals surface area contributed by atoms with Gasteiger partial charge in [0, 0.05) is 18.9 Å². The largest absolute Gasteiger partial charge is 0.242 e. The topological polar surface area (TPSA) is 61.2 Å². The minimum absolute atomic E-state index is 0.148. The van der Waals surface area contributed by atoms with E-state index in [2.05, 4.69) is 15.9 Å². The van der Waals surface area contributed by atoms with E-state index in [1.54, 1.807) is 12.1 Å². The van der Waals surface area contributed by atoms with E-state index in [0.29, 0.717) is 17.4 Å². The molecule has 0 unspecified atom stereocenters. The van der Waals surface area contributed by atoms with Crippen LogP contribution in [-0.2, 0) is 10.0 Å². The molecule has 1 aromatic rings. The summed E-state index contributed by atoms with van der Waals surface area (Å²) in [6, 6.07) is 7.92. The number of nitriles is 1. The SMILES string of the molecule is CN(CCBr)S(=O)(=O)c1cccc(C#N)c1. The Hall–Kier alpha value is -0.900. The lowest BCUT2D eigenvalue weighted by molar-refractivity contribution is 0.489. The lowest BCUT2D eigenvalue weighted by atomic mass is 10.2. The highest BCUT2D eigenvalue weighted by Gasteiger charge is 2.20. The molecule has 86 valence electrons. The van der Waals surface area contributed by atoms with Gasteiger partial charge in [0.05, 0.1) is 16.5 Å². The molecular formula is C10H11BrN2O2S. The normalized spacial score (nSPS) is 11.4. The summed E-state index contributed by atoms with van der Waals surface area (Å²) in [5.74, 6) is 0. The van der Waals surface area contributed by atoms with Crippen LogP contribution in [0.2, 0.25) is 0 Å². The average Bonchev–Trinajstić information content (AvgIpc) is 2.29. The number of sulfonamides is 1. The summed E-state index contributed by atoms with van der Waals surface area (Å²) >= 11 is 3.18. The van der Waals surface area contributed by atoms with Crippen molar-refractivity contribution in [2.45, 2.75) is 4.90 Å². The third-order valence-electron chi connectivity index (χ3n) is 2.07. The van der Waals surface area contributed by atoms with Crippen molar-refractivity contribution in [2.75, 3.05) is 18.9 Å². The van der Waals surface area contributed by atoms with Crippen LogP contribution in [0.1, 0.15) is 5.56 Å². The molecular weight excluding hydrogens is 292 g/mol. The van der Waals surface area contributed by atoms with Gasteiger partial charge in [-0.05, 0) is 18.2 Å². The molecule has 0 N–H and O–H groups in total. The highest BCUT2D eigenvalue weighted by Crippen LogP contribution is 2.15. The van der Waals surface area contributed by atoms with Gasteiger partial charge < -0.3 is 0 Å². The van der Waals surface area contributed by atoms with Crippen molar-refractivity contribution in [2.24, 2.45) is 0 Å². The van der Waals surface area contributed by atoms with Crippen LogP contribution >= 0.6 is 15.9 Å². The van der Waals surface area contributed by atoms with Crippen molar-refractivity contribution >= 4 is 26.0 Å². The van der Waals surface area contributed by atoms with Gasteiger partial charge in [-0.15, -0.1) is 0 Å². The molecule has 0 bridgehead atoms. The number of alkyl halides is 1. The number of hydrogen-bond donors (Lipinski definition) is 0. The fourth-order valence-corrected chi connectivity index (χ4v) is 3.13. The number of benzene rings is 1. The zero-order valence-corrected chi connectivity index (χ0v) is 11.1. The maximum atomic E-state index is 12.0. The third-order valence-corrected chi connectivity index (χ3v) is 4.28. The Labute approximate surface area is 104 Å². The second-order valence-electron chi connectivity index (χ2n) is 3.16. The summed E-state index contributed by atoms with van der Waals surface area (Å²) in [5, 5.41) is 9.27. The summed E-state index contributed by atoms with van der Waals surface area (Å²) in [6.45, 7) is 0.388. The van der Waals surface area contributed by atoms with Gasteiger partial charge in [0.15, 0.2) is 0 Å². The summed E-state index contributed by atoms with van der Waals surface area (Å²) in [4.78, 5) is 0.148. The minimum Gasteiger partial charge on any atom is -0.207 e. The van der Waals surface area contributed by atoms with Crippen LogP contribution in [0.4, 0.5) is 0 Å². The standard InChI is InChI=1S/C10H11BrN2O2S/c1-13(6-5-11)16(14,15)10-4-2-3-9(7-10)8-12/h2-4,7H,5-6H2,1H3. The first-order valence-corrected chi connectivity index (χ1v) is 7.11. The van der Waals surface area contributed by atoms with Gasteiger partial charge in [-0.25, -0.2) is 12.7 Å². The van der Waals surface area contributed by atoms with Gasteiger partial charge >= 0.3 is 0 Å². The molecule has 0 spiro atoms. The Bertz CT molecular complexity index is 508. The van der Waals surface area contributed by atoms with E-state index in [1.165, 1.54) is 23.5 Å². The first kappa shape index (κ1) is 13.2. The van der Waals surface area contributed by atoms with Crippen molar-refractivity contribution in [3.8, 4) is 6.07 Å². The Morgan fingerprint density at radius 1 is 1.50 bits per heavy atom. The number of halogens is 1. The second kappa shape index (κ2) is 5.43. The minimum atomic E-state index is -3.48. The fraction of sp³-hybridized carbons (Fsp3) is 0.300. The van der Waals surface area contributed by atoms with Crippen LogP contribution in [0.5, 0.6) is 0 Å². The molecule has 4 nitrogen and oxygen atoms in total. The molecule has 0 amide bonds. The molecule has 1 rings (SSSR count). The first-order chi connectivity index (χ1) is 7.52. The highest BCUT2D eigenvalue weighted by molar-refractivity contribution is 9.09. The van der Waals surface area contributed by atoms with Gasteiger partial charge in [-0.3, -0.25) is 0 Å². The number of nitrogens with zero attached hydrogens (tertiary/aromatic N) is 2. The quantitative estimate of drug-likeness (QED) is 0.793. The molecule has 0 aliphatic heterocycles. The van der Waals surface area contributed by atoms with E-state index < -0.39 is 10.0 Å². The van der Waals surface area contributed by atoms with Crippen LogP contribution in [0.15, 0.2) is 29.2 Å². The van der Waals surface area contributed by atoms with Crippen molar-refractivity contribution in [3.63, 3.8) is 0 Å². The Balaban J connectivity index is 3.13. The summed E-state index contributed by atoms with van der Waals surface area (Å²) in [5.41, 5.74) is 0.341. The predicted octanol–water partition coefficient (Wildman–Crippen LogP) is 1.57. The Morgan fingerprint density at radius 2 is 2.19 bits per heavy atom. The molecule has 0 aliphatic carbocycles. The number of hydrogen-bond acceptors (Lipinski definition) is 3. The van der Waals surface area contributed by atoms with Gasteiger partial charge in [0.1, 0.15) is 0 Å². The molecule has 0 saturated carbocycles. The van der Waals surface area contributed by atoms with Crippen LogP contribution in [0.3, 0.4) is 0 Å². The molecule has 0 fully saturated rings. The molecule has 0 saturated heterocycles. The van der Waals surface area contributed by atoms with E-state index in [0.717, 1.165) is 0 Å². The van der Waals surface area contributed by atoms with Crippen LogP contribution in [0.25, 0.3) is 0 Å². The van der Waals surface area contributed by atoms with Gasteiger partial charge in [-0.2, -0.15) is 5.26 Å². The van der Waals surface area contributed by atoms with E-state index in [9.17, 15) is 8.42 Å². The second-order valence-corrected chi connectivity index (χ2v) is 5.99. The summed E-state index contributed by atoms with van der Waals surface area (Å²) in [6.07, 6.45) is 0. The van der Waals surface area contributed by atoms with Gasteiger partial charge in [0.25, 0.3) is 0 Å². The third kappa shape index (κ3) is 2.82. The fourth-order valence-electron chi connectivity index (χ4n) is 1.15. The molecule has 16 heavy (non-hydrogen) atoms. The molecule has 0 radical (unpaired) electrons. The van der Waals surface area contributed by atoms with Crippen molar-refractivity contribution < 1.29 is 8.42 Å². The average molecular weight is 303 g/mol. The number of rotatable bonds is 4. The van der Waals surface area contributed by atoms with E-state index in [-0.39, 0.29) is 4.90 Å². The molecule has 0 aromatic heterocycles. The highest BCUT2D eigenvalue weighted by atomic mass is 79.9. The molecule has 1 aromatic carbocycles. The van der Waals surface area contributed by atoms with Gasteiger partial charge in [-0.1, -0.05) is 22.0 Å². The molecule has 0 heterocycles. The Kier molecular flexibility index (Phi) is 4.47. The first-order valence-electron chi connectivity index (χ1n) is 4.55. The van der Waals surface area contributed by atoms with Crippen molar-refractivity contribution in [1.82, 2.24) is 4.31 Å². The maximum Gasteiger partial charge on any atom is 0.242 e. The molecule has 0 atom stereocenters. The predicted molar refractivity (Wildman–Crippen MR) is 64.8 cm³/mol. The van der Waals surface area contributed by atoms with E-state index >= 15 is 0 Å². The van der Waals surface area contributed by atoms with E-state index in [1.807, 2.05) is 6.07 Å². The van der Waals surface area contributed by atoms with Crippen LogP contribution in [0, 0.1) is 11.3 Å². The van der Waals surface area contributed by atoms with Crippen molar-refractivity contribution in [3.05, 3.63) is 29.8 Å². The molecule has 6 heteroatoms. The Morgan fingerprint density at radius 3 is 2.75 bits per heavy atom. The summed E-state index contributed by atoms with van der Waals surface area (Å²) < 4.78 is 25.2. The lowest BCUT2D eigenvalue weighted by Crippen LogP contribution is -2.28. The summed E-state index contributed by atoms with van der Waals surface area (Å²) in [7, 11) is -1.97. The van der Waals surface area contributed by atoms with E-state index in [4.69, 9.17) is 5.26 Å². The van der Waals surface area contributed by atoms with Crippen molar-refractivity contribution in [1.29, 1.82) is 5.26 Å². The molecule has 0 aliphatic rings. The zero-order chi connectivity index (χ0) is 12.2. The monoisotopic (exact) mass is 302 g/mol.